The van der Waals surface area contributed by atoms with Crippen LogP contribution in [0.1, 0.15) is 25.7 Å². The van der Waals surface area contributed by atoms with Crippen molar-refractivity contribution >= 4 is 5.71 Å². The molecule has 0 aromatic rings. The van der Waals surface area contributed by atoms with Crippen LogP contribution in [0.15, 0.2) is 5.16 Å². The topological polar surface area (TPSA) is 32.6 Å². The molecule has 0 unspecified atom stereocenters. The average Bonchev–Trinajstić information content (AvgIpc) is 2.45. The summed E-state index contributed by atoms with van der Waals surface area (Å²) in [6.07, 6.45) is 4.99. The van der Waals surface area contributed by atoms with Crippen LogP contribution >= 0.6 is 0 Å². The fraction of sp³-hybridized carbons (Fsp3) is 0.857. The Bertz CT molecular complexity index is 153. The second kappa shape index (κ2) is 1.72. The molecule has 2 saturated carbocycles. The van der Waals surface area contributed by atoms with E-state index in [9.17, 15) is 0 Å². The van der Waals surface area contributed by atoms with Gasteiger partial charge < -0.3 is 5.21 Å². The zero-order valence-electron chi connectivity index (χ0n) is 5.38. The first-order valence-electron chi connectivity index (χ1n) is 3.61. The van der Waals surface area contributed by atoms with E-state index >= 15 is 0 Å². The van der Waals surface area contributed by atoms with Crippen LogP contribution in [-0.2, 0) is 0 Å². The van der Waals surface area contributed by atoms with Gasteiger partial charge in [-0.3, -0.25) is 0 Å². The van der Waals surface area contributed by atoms with Crippen LogP contribution in [0.3, 0.4) is 0 Å². The summed E-state index contributed by atoms with van der Waals surface area (Å²) >= 11 is 0. The highest BCUT2D eigenvalue weighted by atomic mass is 16.4. The molecule has 2 nitrogen and oxygen atoms in total. The maximum absolute atomic E-state index is 8.48. The van der Waals surface area contributed by atoms with Gasteiger partial charge in [-0.2, -0.15) is 0 Å². The fourth-order valence-electron chi connectivity index (χ4n) is 2.15. The van der Waals surface area contributed by atoms with Crippen molar-refractivity contribution in [2.24, 2.45) is 17.0 Å². The Morgan fingerprint density at radius 3 is 2.67 bits per heavy atom. The molecule has 0 aromatic carbocycles. The number of rotatable bonds is 0. The Morgan fingerprint density at radius 2 is 2.33 bits per heavy atom. The second-order valence-corrected chi connectivity index (χ2v) is 3.17. The lowest BCUT2D eigenvalue weighted by Gasteiger charge is -2.08. The van der Waals surface area contributed by atoms with Crippen LogP contribution in [0.2, 0.25) is 0 Å². The molecule has 2 rings (SSSR count). The third-order valence-electron chi connectivity index (χ3n) is 2.64. The van der Waals surface area contributed by atoms with Crippen LogP contribution in [0.5, 0.6) is 0 Å². The zero-order valence-corrected chi connectivity index (χ0v) is 5.38. The Balaban J connectivity index is 2.18. The first-order valence-corrected chi connectivity index (χ1v) is 3.61. The van der Waals surface area contributed by atoms with Crippen molar-refractivity contribution in [2.45, 2.75) is 25.7 Å². The normalized spacial score (nSPS) is 44.7. The molecule has 0 spiro atoms. The lowest BCUT2D eigenvalue weighted by atomic mass is 9.99. The highest BCUT2D eigenvalue weighted by molar-refractivity contribution is 5.89. The lowest BCUT2D eigenvalue weighted by Crippen LogP contribution is -2.08. The van der Waals surface area contributed by atoms with E-state index in [0.29, 0.717) is 5.92 Å². The number of nitrogens with zero attached hydrogens (tertiary/aromatic N) is 1. The summed E-state index contributed by atoms with van der Waals surface area (Å²) < 4.78 is 0. The van der Waals surface area contributed by atoms with E-state index in [4.69, 9.17) is 5.21 Å². The largest absolute Gasteiger partial charge is 0.411 e. The van der Waals surface area contributed by atoms with Crippen LogP contribution in [0.4, 0.5) is 0 Å². The minimum absolute atomic E-state index is 0.653. The van der Waals surface area contributed by atoms with Gasteiger partial charge in [0, 0.05) is 5.92 Å². The van der Waals surface area contributed by atoms with Gasteiger partial charge in [-0.05, 0) is 31.6 Å². The van der Waals surface area contributed by atoms with Crippen molar-refractivity contribution < 1.29 is 5.21 Å². The second-order valence-electron chi connectivity index (χ2n) is 3.17. The Hall–Kier alpha value is -0.530. The SMILES string of the molecule is ON=C1C[C@@H]2CC[C@H]1C2. The van der Waals surface area contributed by atoms with Gasteiger partial charge in [0.2, 0.25) is 0 Å². The minimum atomic E-state index is 0.653. The van der Waals surface area contributed by atoms with Crippen LogP contribution in [0, 0.1) is 11.8 Å². The first-order chi connectivity index (χ1) is 4.40. The molecule has 2 atom stereocenters. The van der Waals surface area contributed by atoms with E-state index in [1.54, 1.807) is 0 Å². The third kappa shape index (κ3) is 0.655. The summed E-state index contributed by atoms with van der Waals surface area (Å²) in [5.74, 6) is 1.51. The van der Waals surface area contributed by atoms with Gasteiger partial charge in [0.15, 0.2) is 0 Å². The van der Waals surface area contributed by atoms with Gasteiger partial charge in [-0.25, -0.2) is 0 Å². The van der Waals surface area contributed by atoms with Crippen molar-refractivity contribution in [1.29, 1.82) is 0 Å². The molecule has 0 radical (unpaired) electrons. The molecule has 2 aliphatic carbocycles. The van der Waals surface area contributed by atoms with Gasteiger partial charge in [0.1, 0.15) is 0 Å². The lowest BCUT2D eigenvalue weighted by molar-refractivity contribution is 0.313. The molecule has 0 amide bonds. The van der Waals surface area contributed by atoms with Gasteiger partial charge in [-0.1, -0.05) is 5.16 Å². The maximum atomic E-state index is 8.48. The number of hydrogen-bond acceptors (Lipinski definition) is 2. The predicted octanol–water partition coefficient (Wildman–Crippen LogP) is 1.64. The quantitative estimate of drug-likeness (QED) is 0.387. The van der Waals surface area contributed by atoms with Gasteiger partial charge in [0.25, 0.3) is 0 Å². The molecule has 2 fully saturated rings. The third-order valence-corrected chi connectivity index (χ3v) is 2.64. The van der Waals surface area contributed by atoms with Crippen LogP contribution < -0.4 is 0 Å². The molecule has 0 heterocycles. The summed E-state index contributed by atoms with van der Waals surface area (Å²) in [6.45, 7) is 0. The highest BCUT2D eigenvalue weighted by Crippen LogP contribution is 2.42. The molecule has 2 aliphatic rings. The summed E-state index contributed by atoms with van der Waals surface area (Å²) in [5, 5.41) is 11.8. The van der Waals surface area contributed by atoms with E-state index < -0.39 is 0 Å². The summed E-state index contributed by atoms with van der Waals surface area (Å²) in [7, 11) is 0. The molecule has 9 heavy (non-hydrogen) atoms. The molecular weight excluding hydrogens is 114 g/mol. The number of fused-ring (bicyclic) bond motifs is 2. The monoisotopic (exact) mass is 125 g/mol. The summed E-state index contributed by atoms with van der Waals surface area (Å²) in [5.41, 5.74) is 1.06. The number of hydrogen-bond donors (Lipinski definition) is 1. The van der Waals surface area contributed by atoms with E-state index in [1.807, 2.05) is 0 Å². The standard InChI is InChI=1S/C7H11NO/c9-8-7-4-5-1-2-6(7)3-5/h5-6,9H,1-4H2/t5-,6+/m1/s1. The zero-order chi connectivity index (χ0) is 6.27. The Morgan fingerprint density at radius 1 is 1.44 bits per heavy atom. The van der Waals surface area contributed by atoms with Crippen molar-refractivity contribution in [3.63, 3.8) is 0 Å². The molecule has 2 bridgehead atoms. The first kappa shape index (κ1) is 5.27. The summed E-state index contributed by atoms with van der Waals surface area (Å²) in [4.78, 5) is 0. The van der Waals surface area contributed by atoms with Gasteiger partial charge in [-0.15, -0.1) is 0 Å². The molecular formula is C7H11NO. The van der Waals surface area contributed by atoms with Gasteiger partial charge in [0.05, 0.1) is 5.71 Å². The fourth-order valence-corrected chi connectivity index (χ4v) is 2.15. The predicted molar refractivity (Wildman–Crippen MR) is 34.7 cm³/mol. The Labute approximate surface area is 54.6 Å². The van der Waals surface area contributed by atoms with E-state index in [0.717, 1.165) is 18.1 Å². The van der Waals surface area contributed by atoms with E-state index in [-0.39, 0.29) is 0 Å². The number of oxime groups is 1. The average molecular weight is 125 g/mol. The van der Waals surface area contributed by atoms with Crippen molar-refractivity contribution in [1.82, 2.24) is 0 Å². The van der Waals surface area contributed by atoms with Crippen molar-refractivity contribution in [2.75, 3.05) is 0 Å². The molecule has 50 valence electrons. The molecule has 1 N–H and O–H groups in total. The van der Waals surface area contributed by atoms with Crippen LogP contribution in [-0.4, -0.2) is 10.9 Å². The minimum Gasteiger partial charge on any atom is -0.411 e. The van der Waals surface area contributed by atoms with Gasteiger partial charge >= 0.3 is 0 Å². The van der Waals surface area contributed by atoms with E-state index in [2.05, 4.69) is 5.16 Å². The van der Waals surface area contributed by atoms with E-state index in [1.165, 1.54) is 19.3 Å². The summed E-state index contributed by atoms with van der Waals surface area (Å²) in [6, 6.07) is 0. The molecule has 0 saturated heterocycles. The molecule has 2 heteroatoms. The maximum Gasteiger partial charge on any atom is 0.0604 e. The molecule has 0 aliphatic heterocycles. The highest BCUT2D eigenvalue weighted by Gasteiger charge is 2.36. The van der Waals surface area contributed by atoms with Crippen LogP contribution in [0.25, 0.3) is 0 Å². The smallest absolute Gasteiger partial charge is 0.0604 e. The molecule has 0 aromatic heterocycles. The van der Waals surface area contributed by atoms with Crippen molar-refractivity contribution in [3.8, 4) is 0 Å². The Kier molecular flexibility index (Phi) is 1.01. The van der Waals surface area contributed by atoms with Crippen molar-refractivity contribution in [3.05, 3.63) is 0 Å².